The van der Waals surface area contributed by atoms with Gasteiger partial charge in [-0.2, -0.15) is 5.26 Å². The minimum Gasteiger partial charge on any atom is -0.488 e. The van der Waals surface area contributed by atoms with E-state index in [1.54, 1.807) is 24.1 Å². The van der Waals surface area contributed by atoms with E-state index in [1.165, 1.54) is 0 Å². The topological polar surface area (TPSA) is 53.3 Å². The van der Waals surface area contributed by atoms with Crippen LogP contribution in [0, 0.1) is 11.3 Å². The van der Waals surface area contributed by atoms with Gasteiger partial charge in [0, 0.05) is 19.2 Å². The summed E-state index contributed by atoms with van der Waals surface area (Å²) in [6.07, 6.45) is 0. The van der Waals surface area contributed by atoms with E-state index in [-0.39, 0.29) is 12.5 Å². The van der Waals surface area contributed by atoms with Crippen LogP contribution in [-0.2, 0) is 6.54 Å². The van der Waals surface area contributed by atoms with Crippen molar-refractivity contribution in [2.45, 2.75) is 6.54 Å². The van der Waals surface area contributed by atoms with Gasteiger partial charge in [-0.05, 0) is 17.7 Å². The Morgan fingerprint density at radius 1 is 1.65 bits per heavy atom. The monoisotopic (exact) mass is 228 g/mol. The Bertz CT molecular complexity index is 529. The van der Waals surface area contributed by atoms with E-state index in [2.05, 4.69) is 6.58 Å². The number of nitrogens with zero attached hydrogens (tertiary/aromatic N) is 2. The van der Waals surface area contributed by atoms with Crippen molar-refractivity contribution >= 4 is 5.91 Å². The standard InChI is InChI=1S/C13H12N2O2/c1-9(6-14)8-17-11-4-3-10-7-15(2)13(16)12(10)5-11/h3-5H,1,7-8H2,2H3. The van der Waals surface area contributed by atoms with Gasteiger partial charge in [-0.1, -0.05) is 12.6 Å². The lowest BCUT2D eigenvalue weighted by Crippen LogP contribution is -2.17. The van der Waals surface area contributed by atoms with Crippen LogP contribution in [0.4, 0.5) is 0 Å². The van der Waals surface area contributed by atoms with Crippen molar-refractivity contribution < 1.29 is 9.53 Å². The number of carbonyl (C=O) groups is 1. The Morgan fingerprint density at radius 2 is 2.41 bits per heavy atom. The van der Waals surface area contributed by atoms with Crippen LogP contribution in [0.2, 0.25) is 0 Å². The van der Waals surface area contributed by atoms with E-state index in [0.717, 1.165) is 5.56 Å². The second-order valence-corrected chi connectivity index (χ2v) is 3.98. The summed E-state index contributed by atoms with van der Waals surface area (Å²) in [6, 6.07) is 7.30. The number of ether oxygens (including phenoxy) is 1. The van der Waals surface area contributed by atoms with Crippen molar-refractivity contribution in [2.24, 2.45) is 0 Å². The van der Waals surface area contributed by atoms with Crippen LogP contribution in [0.25, 0.3) is 0 Å². The minimum absolute atomic E-state index is 0.00422. The van der Waals surface area contributed by atoms with Gasteiger partial charge in [0.2, 0.25) is 0 Å². The lowest BCUT2D eigenvalue weighted by atomic mass is 10.1. The molecule has 1 aliphatic rings. The molecule has 0 spiro atoms. The van der Waals surface area contributed by atoms with Crippen LogP contribution < -0.4 is 4.74 Å². The zero-order chi connectivity index (χ0) is 12.4. The predicted octanol–water partition coefficient (Wildman–Crippen LogP) is 1.73. The van der Waals surface area contributed by atoms with Crippen LogP contribution in [-0.4, -0.2) is 24.5 Å². The van der Waals surface area contributed by atoms with E-state index in [0.29, 0.717) is 23.4 Å². The second-order valence-electron chi connectivity index (χ2n) is 3.98. The van der Waals surface area contributed by atoms with Crippen molar-refractivity contribution in [3.8, 4) is 11.8 Å². The summed E-state index contributed by atoms with van der Waals surface area (Å²) < 4.78 is 5.37. The number of hydrogen-bond acceptors (Lipinski definition) is 3. The zero-order valence-corrected chi connectivity index (χ0v) is 9.56. The first-order chi connectivity index (χ1) is 8.11. The molecule has 0 bridgehead atoms. The van der Waals surface area contributed by atoms with Crippen LogP contribution in [0.3, 0.4) is 0 Å². The molecular formula is C13H12N2O2. The van der Waals surface area contributed by atoms with E-state index in [4.69, 9.17) is 10.00 Å². The van der Waals surface area contributed by atoms with Gasteiger partial charge in [0.15, 0.2) is 0 Å². The second kappa shape index (κ2) is 4.30. The minimum atomic E-state index is 0.00422. The Labute approximate surface area is 99.7 Å². The molecule has 1 amide bonds. The highest BCUT2D eigenvalue weighted by atomic mass is 16.5. The number of hydrogen-bond donors (Lipinski definition) is 0. The van der Waals surface area contributed by atoms with Crippen molar-refractivity contribution in [2.75, 3.05) is 13.7 Å². The van der Waals surface area contributed by atoms with Crippen molar-refractivity contribution in [3.63, 3.8) is 0 Å². The van der Waals surface area contributed by atoms with Gasteiger partial charge in [0.25, 0.3) is 5.91 Å². The molecule has 0 radical (unpaired) electrons. The van der Waals surface area contributed by atoms with Gasteiger partial charge in [-0.15, -0.1) is 0 Å². The van der Waals surface area contributed by atoms with E-state index < -0.39 is 0 Å². The summed E-state index contributed by atoms with van der Waals surface area (Å²) >= 11 is 0. The summed E-state index contributed by atoms with van der Waals surface area (Å²) in [6.45, 7) is 4.32. The maximum Gasteiger partial charge on any atom is 0.254 e. The van der Waals surface area contributed by atoms with Crippen LogP contribution >= 0.6 is 0 Å². The Morgan fingerprint density at radius 3 is 3.12 bits per heavy atom. The predicted molar refractivity (Wildman–Crippen MR) is 62.5 cm³/mol. The number of amides is 1. The summed E-state index contributed by atoms with van der Waals surface area (Å²) in [5.74, 6) is 0.591. The fourth-order valence-electron chi connectivity index (χ4n) is 1.72. The van der Waals surface area contributed by atoms with Crippen molar-refractivity contribution in [3.05, 3.63) is 41.5 Å². The van der Waals surface area contributed by atoms with Gasteiger partial charge in [-0.25, -0.2) is 0 Å². The lowest BCUT2D eigenvalue weighted by Gasteiger charge is -2.06. The number of carbonyl (C=O) groups excluding carboxylic acids is 1. The molecule has 0 aromatic heterocycles. The molecule has 4 heteroatoms. The van der Waals surface area contributed by atoms with Gasteiger partial charge < -0.3 is 9.64 Å². The molecule has 1 aromatic rings. The fraction of sp³-hybridized carbons (Fsp3) is 0.231. The van der Waals surface area contributed by atoms with E-state index >= 15 is 0 Å². The first kappa shape index (κ1) is 11.2. The summed E-state index contributed by atoms with van der Waals surface area (Å²) in [5, 5.41) is 8.55. The highest BCUT2D eigenvalue weighted by molar-refractivity contribution is 5.98. The van der Waals surface area contributed by atoms with Crippen molar-refractivity contribution in [1.82, 2.24) is 4.90 Å². The first-order valence-corrected chi connectivity index (χ1v) is 5.21. The Hall–Kier alpha value is -2.28. The molecule has 0 saturated heterocycles. The molecular weight excluding hydrogens is 216 g/mol. The number of benzene rings is 1. The number of fused-ring (bicyclic) bond motifs is 1. The normalized spacial score (nSPS) is 13.2. The molecule has 86 valence electrons. The molecule has 17 heavy (non-hydrogen) atoms. The molecule has 0 aliphatic carbocycles. The molecule has 1 aromatic carbocycles. The van der Waals surface area contributed by atoms with Gasteiger partial charge >= 0.3 is 0 Å². The van der Waals surface area contributed by atoms with Crippen LogP contribution in [0.5, 0.6) is 5.75 Å². The molecule has 0 saturated carbocycles. The highest BCUT2D eigenvalue weighted by Crippen LogP contribution is 2.25. The van der Waals surface area contributed by atoms with Gasteiger partial charge in [0.05, 0.1) is 11.6 Å². The van der Waals surface area contributed by atoms with E-state index in [1.807, 2.05) is 12.1 Å². The molecule has 0 N–H and O–H groups in total. The molecule has 1 heterocycles. The smallest absolute Gasteiger partial charge is 0.254 e. The molecule has 0 atom stereocenters. The third-order valence-corrected chi connectivity index (χ3v) is 2.64. The van der Waals surface area contributed by atoms with Gasteiger partial charge in [-0.3, -0.25) is 4.79 Å². The third kappa shape index (κ3) is 2.13. The number of nitriles is 1. The molecule has 2 rings (SSSR count). The van der Waals surface area contributed by atoms with Crippen LogP contribution in [0.1, 0.15) is 15.9 Å². The molecule has 0 unspecified atom stereocenters. The summed E-state index contributed by atoms with van der Waals surface area (Å²) in [5.41, 5.74) is 2.03. The SMILES string of the molecule is C=C(C#N)COc1ccc2c(c1)C(=O)N(C)C2. The Kier molecular flexibility index (Phi) is 2.84. The Balaban J connectivity index is 2.16. The average Bonchev–Trinajstić information content (AvgIpc) is 2.62. The maximum absolute atomic E-state index is 11.7. The number of rotatable bonds is 3. The molecule has 4 nitrogen and oxygen atoms in total. The lowest BCUT2D eigenvalue weighted by molar-refractivity contribution is 0.0816. The van der Waals surface area contributed by atoms with Crippen molar-refractivity contribution in [1.29, 1.82) is 5.26 Å². The average molecular weight is 228 g/mol. The quantitative estimate of drug-likeness (QED) is 0.740. The van der Waals surface area contributed by atoms with E-state index in [9.17, 15) is 4.79 Å². The first-order valence-electron chi connectivity index (χ1n) is 5.21. The maximum atomic E-state index is 11.7. The third-order valence-electron chi connectivity index (χ3n) is 2.64. The highest BCUT2D eigenvalue weighted by Gasteiger charge is 2.24. The van der Waals surface area contributed by atoms with Gasteiger partial charge in [0.1, 0.15) is 12.4 Å². The largest absolute Gasteiger partial charge is 0.488 e. The fourth-order valence-corrected chi connectivity index (χ4v) is 1.72. The molecule has 1 aliphatic heterocycles. The molecule has 0 fully saturated rings. The summed E-state index contributed by atoms with van der Waals surface area (Å²) in [4.78, 5) is 13.4. The summed E-state index contributed by atoms with van der Waals surface area (Å²) in [7, 11) is 1.76. The van der Waals surface area contributed by atoms with Crippen LogP contribution in [0.15, 0.2) is 30.4 Å². The zero-order valence-electron chi connectivity index (χ0n) is 9.56.